The monoisotopic (exact) mass is 400 g/mol. The normalized spacial score (nSPS) is 46.0. The van der Waals surface area contributed by atoms with Gasteiger partial charge in [0.15, 0.2) is 0 Å². The summed E-state index contributed by atoms with van der Waals surface area (Å²) in [6, 6.07) is 0. The summed E-state index contributed by atoms with van der Waals surface area (Å²) >= 11 is 0. The van der Waals surface area contributed by atoms with E-state index in [9.17, 15) is 10.2 Å². The van der Waals surface area contributed by atoms with Gasteiger partial charge in [0.05, 0.1) is 11.7 Å². The molecule has 0 radical (unpaired) electrons. The molecule has 0 aromatic rings. The van der Waals surface area contributed by atoms with Crippen LogP contribution in [0, 0.1) is 40.4 Å². The van der Waals surface area contributed by atoms with Gasteiger partial charge >= 0.3 is 0 Å². The molecule has 0 heterocycles. The second-order valence-electron chi connectivity index (χ2n) is 12.2. The molecule has 2 heteroatoms. The zero-order valence-corrected chi connectivity index (χ0v) is 19.5. The fourth-order valence-electron chi connectivity index (χ4n) is 8.25. The third kappa shape index (κ3) is 3.78. The molecule has 164 valence electrons. The van der Waals surface area contributed by atoms with Crippen molar-refractivity contribution >= 4 is 0 Å². The van der Waals surface area contributed by atoms with Crippen LogP contribution in [0.25, 0.3) is 0 Å². The Hall–Kier alpha value is -0.600. The van der Waals surface area contributed by atoms with Crippen LogP contribution in [0.5, 0.6) is 0 Å². The van der Waals surface area contributed by atoms with Crippen molar-refractivity contribution in [3.05, 3.63) is 23.8 Å². The van der Waals surface area contributed by atoms with Gasteiger partial charge in [0.2, 0.25) is 0 Å². The summed E-state index contributed by atoms with van der Waals surface area (Å²) in [6.45, 7) is 11.3. The Labute approximate surface area is 178 Å². The largest absolute Gasteiger partial charge is 0.393 e. The Morgan fingerprint density at radius 1 is 1.14 bits per heavy atom. The van der Waals surface area contributed by atoms with E-state index in [4.69, 9.17) is 0 Å². The van der Waals surface area contributed by atoms with Crippen LogP contribution in [0.2, 0.25) is 0 Å². The standard InChI is InChI=1S/C27H44O2/c1-18(7-6-14-25(2,3)29)22-10-11-23-21-9-8-19-17-20(28)12-15-26(19,4)24(21)13-16-27(22,23)5/h6-8,18,20-24,28-29H,9-17H2,1-5H3/b7-6+/t18-,20-,21-,22+,23-,24-,26-,27+/m0/s1. The van der Waals surface area contributed by atoms with Crippen LogP contribution in [0.4, 0.5) is 0 Å². The van der Waals surface area contributed by atoms with Crippen LogP contribution >= 0.6 is 0 Å². The van der Waals surface area contributed by atoms with Gasteiger partial charge in [-0.2, -0.15) is 0 Å². The molecule has 3 saturated carbocycles. The second kappa shape index (κ2) is 7.52. The number of hydrogen-bond donors (Lipinski definition) is 2. The van der Waals surface area contributed by atoms with E-state index in [1.807, 2.05) is 13.8 Å². The molecule has 2 N–H and O–H groups in total. The van der Waals surface area contributed by atoms with Crippen molar-refractivity contribution in [2.75, 3.05) is 0 Å². The molecule has 2 nitrogen and oxygen atoms in total. The molecule has 0 unspecified atom stereocenters. The molecule has 4 aliphatic carbocycles. The molecule has 0 spiro atoms. The minimum Gasteiger partial charge on any atom is -0.393 e. The zero-order chi connectivity index (χ0) is 21.0. The second-order valence-corrected chi connectivity index (χ2v) is 12.2. The molecule has 29 heavy (non-hydrogen) atoms. The van der Waals surface area contributed by atoms with Gasteiger partial charge in [-0.15, -0.1) is 0 Å². The van der Waals surface area contributed by atoms with E-state index in [1.54, 1.807) is 5.57 Å². The summed E-state index contributed by atoms with van der Waals surface area (Å²) in [4.78, 5) is 0. The fraction of sp³-hybridized carbons (Fsp3) is 0.852. The fourth-order valence-corrected chi connectivity index (χ4v) is 8.25. The number of fused-ring (bicyclic) bond motifs is 5. The molecule has 3 fully saturated rings. The average molecular weight is 401 g/mol. The summed E-state index contributed by atoms with van der Waals surface area (Å²) < 4.78 is 0. The Bertz CT molecular complexity index is 671. The van der Waals surface area contributed by atoms with E-state index in [2.05, 4.69) is 39.0 Å². The molecule has 0 aromatic carbocycles. The van der Waals surface area contributed by atoms with Crippen LogP contribution < -0.4 is 0 Å². The third-order valence-corrected chi connectivity index (χ3v) is 9.84. The van der Waals surface area contributed by atoms with Crippen molar-refractivity contribution in [1.29, 1.82) is 0 Å². The first-order valence-corrected chi connectivity index (χ1v) is 12.3. The van der Waals surface area contributed by atoms with Crippen molar-refractivity contribution in [3.63, 3.8) is 0 Å². The van der Waals surface area contributed by atoms with Gasteiger partial charge in [-0.05, 0) is 112 Å². The minimum absolute atomic E-state index is 0.105. The predicted octanol–water partition coefficient (Wildman–Crippen LogP) is 6.28. The number of rotatable bonds is 4. The van der Waals surface area contributed by atoms with E-state index in [1.165, 1.54) is 38.5 Å². The predicted molar refractivity (Wildman–Crippen MR) is 120 cm³/mol. The van der Waals surface area contributed by atoms with Crippen LogP contribution in [-0.2, 0) is 0 Å². The maximum absolute atomic E-state index is 10.2. The van der Waals surface area contributed by atoms with E-state index >= 15 is 0 Å². The smallest absolute Gasteiger partial charge is 0.0626 e. The van der Waals surface area contributed by atoms with Crippen molar-refractivity contribution in [2.24, 2.45) is 40.4 Å². The summed E-state index contributed by atoms with van der Waals surface area (Å²) in [5.41, 5.74) is 1.79. The number of allylic oxidation sites excluding steroid dienone is 2. The highest BCUT2D eigenvalue weighted by Crippen LogP contribution is 2.67. The molecular formula is C27H44O2. The highest BCUT2D eigenvalue weighted by molar-refractivity contribution is 5.25. The molecule has 0 aromatic heterocycles. The first-order valence-electron chi connectivity index (χ1n) is 12.3. The maximum atomic E-state index is 10.2. The van der Waals surface area contributed by atoms with Gasteiger partial charge in [-0.1, -0.05) is 44.6 Å². The van der Waals surface area contributed by atoms with Gasteiger partial charge in [-0.3, -0.25) is 0 Å². The van der Waals surface area contributed by atoms with Crippen LogP contribution in [0.1, 0.15) is 92.4 Å². The molecule has 8 atom stereocenters. The van der Waals surface area contributed by atoms with Gasteiger partial charge in [0.25, 0.3) is 0 Å². The molecule has 0 amide bonds. The summed E-state index contributed by atoms with van der Waals surface area (Å²) in [6.07, 6.45) is 17.7. The van der Waals surface area contributed by atoms with Gasteiger partial charge in [0, 0.05) is 0 Å². The molecule has 0 saturated heterocycles. The third-order valence-electron chi connectivity index (χ3n) is 9.84. The van der Waals surface area contributed by atoms with Gasteiger partial charge in [-0.25, -0.2) is 0 Å². The van der Waals surface area contributed by atoms with Gasteiger partial charge in [0.1, 0.15) is 0 Å². The summed E-state index contributed by atoms with van der Waals surface area (Å²) in [5, 5.41) is 20.2. The van der Waals surface area contributed by atoms with Crippen molar-refractivity contribution in [2.45, 2.75) is 104 Å². The number of hydrogen-bond acceptors (Lipinski definition) is 2. The maximum Gasteiger partial charge on any atom is 0.0626 e. The van der Waals surface area contributed by atoms with Crippen molar-refractivity contribution in [3.8, 4) is 0 Å². The Kier molecular flexibility index (Phi) is 5.61. The van der Waals surface area contributed by atoms with E-state index in [0.29, 0.717) is 16.7 Å². The Morgan fingerprint density at radius 3 is 2.62 bits per heavy atom. The highest BCUT2D eigenvalue weighted by Gasteiger charge is 2.58. The number of aliphatic hydroxyl groups is 2. The lowest BCUT2D eigenvalue weighted by molar-refractivity contribution is -0.0540. The molecule has 0 bridgehead atoms. The minimum atomic E-state index is -0.606. The van der Waals surface area contributed by atoms with Gasteiger partial charge < -0.3 is 10.2 Å². The highest BCUT2D eigenvalue weighted by atomic mass is 16.3. The number of aliphatic hydroxyl groups excluding tert-OH is 1. The van der Waals surface area contributed by atoms with Crippen LogP contribution in [0.3, 0.4) is 0 Å². The Morgan fingerprint density at radius 2 is 1.90 bits per heavy atom. The summed E-state index contributed by atoms with van der Waals surface area (Å²) in [7, 11) is 0. The Balaban J connectivity index is 1.51. The molecule has 4 rings (SSSR count). The SMILES string of the molecule is C[C@@H](/C=C/CC(C)(C)O)[C@H]1CC[C@H]2[C@@H]3CC=C4C[C@@H](O)CC[C@]4(C)[C@H]3CC[C@]12C. The quantitative estimate of drug-likeness (QED) is 0.545. The molecule has 0 aliphatic heterocycles. The van der Waals surface area contributed by atoms with Crippen LogP contribution in [-0.4, -0.2) is 21.9 Å². The first-order chi connectivity index (χ1) is 13.5. The lowest BCUT2D eigenvalue weighted by Crippen LogP contribution is -2.50. The first kappa shape index (κ1) is 21.6. The topological polar surface area (TPSA) is 40.5 Å². The van der Waals surface area contributed by atoms with E-state index in [0.717, 1.165) is 42.9 Å². The van der Waals surface area contributed by atoms with Crippen molar-refractivity contribution < 1.29 is 10.2 Å². The zero-order valence-electron chi connectivity index (χ0n) is 19.5. The summed E-state index contributed by atoms with van der Waals surface area (Å²) in [5.74, 6) is 3.90. The molecular weight excluding hydrogens is 356 g/mol. The van der Waals surface area contributed by atoms with Crippen molar-refractivity contribution in [1.82, 2.24) is 0 Å². The average Bonchev–Trinajstić information content (AvgIpc) is 2.98. The molecule has 4 aliphatic rings. The van der Waals surface area contributed by atoms with Crippen LogP contribution in [0.15, 0.2) is 23.8 Å². The lowest BCUT2D eigenvalue weighted by atomic mass is 9.47. The van der Waals surface area contributed by atoms with E-state index < -0.39 is 5.60 Å². The lowest BCUT2D eigenvalue weighted by Gasteiger charge is -2.58. The van der Waals surface area contributed by atoms with E-state index in [-0.39, 0.29) is 6.10 Å².